The fourth-order valence-corrected chi connectivity index (χ4v) is 2.43. The quantitative estimate of drug-likeness (QED) is 0.803. The summed E-state index contributed by atoms with van der Waals surface area (Å²) in [7, 11) is 0. The van der Waals surface area contributed by atoms with Crippen molar-refractivity contribution < 1.29 is 9.59 Å². The van der Waals surface area contributed by atoms with Crippen LogP contribution in [0, 0.1) is 12.8 Å². The lowest BCUT2D eigenvalue weighted by Gasteiger charge is -2.19. The van der Waals surface area contributed by atoms with E-state index in [-0.39, 0.29) is 17.9 Å². The summed E-state index contributed by atoms with van der Waals surface area (Å²) in [6, 6.07) is -0.392. The van der Waals surface area contributed by atoms with E-state index < -0.39 is 11.9 Å². The Morgan fingerprint density at radius 1 is 1.33 bits per heavy atom. The third kappa shape index (κ3) is 3.83. The van der Waals surface area contributed by atoms with Crippen molar-refractivity contribution in [1.82, 2.24) is 15.1 Å². The molecule has 3 N–H and O–H groups in total. The van der Waals surface area contributed by atoms with E-state index >= 15 is 0 Å². The Morgan fingerprint density at radius 2 is 1.90 bits per heavy atom. The minimum atomic E-state index is -0.673. The van der Waals surface area contributed by atoms with E-state index in [9.17, 15) is 9.59 Å². The smallest absolute Gasteiger partial charge is 0.255 e. The maximum atomic E-state index is 12.3. The average Bonchev–Trinajstić information content (AvgIpc) is 2.79. The lowest BCUT2D eigenvalue weighted by atomic mass is 10.0. The lowest BCUT2D eigenvalue weighted by Crippen LogP contribution is -2.47. The van der Waals surface area contributed by atoms with Gasteiger partial charge in [0.25, 0.3) is 5.91 Å². The molecule has 1 aromatic rings. The second-order valence-electron chi connectivity index (χ2n) is 5.66. The number of carbonyl (C=O) groups is 2. The molecule has 118 valence electrons. The van der Waals surface area contributed by atoms with Gasteiger partial charge >= 0.3 is 0 Å². The van der Waals surface area contributed by atoms with E-state index in [1.54, 1.807) is 6.20 Å². The molecule has 2 amide bonds. The second-order valence-corrected chi connectivity index (χ2v) is 5.66. The Hall–Kier alpha value is -1.85. The molecule has 0 unspecified atom stereocenters. The second kappa shape index (κ2) is 7.24. The maximum absolute atomic E-state index is 12.3. The van der Waals surface area contributed by atoms with Crippen molar-refractivity contribution in [3.63, 3.8) is 0 Å². The molecule has 0 fully saturated rings. The van der Waals surface area contributed by atoms with Crippen LogP contribution in [0.25, 0.3) is 0 Å². The van der Waals surface area contributed by atoms with Crippen LogP contribution in [-0.2, 0) is 4.79 Å². The van der Waals surface area contributed by atoms with Crippen molar-refractivity contribution in [3.8, 4) is 0 Å². The molecular formula is C15H26N4O2. The third-order valence-electron chi connectivity index (χ3n) is 3.84. The Bertz CT molecular complexity index is 504. The van der Waals surface area contributed by atoms with Crippen molar-refractivity contribution >= 4 is 11.8 Å². The lowest BCUT2D eigenvalue weighted by molar-refractivity contribution is -0.120. The van der Waals surface area contributed by atoms with Crippen LogP contribution in [0.4, 0.5) is 0 Å². The number of rotatable bonds is 7. The first-order valence-corrected chi connectivity index (χ1v) is 7.47. The van der Waals surface area contributed by atoms with Gasteiger partial charge in [-0.1, -0.05) is 27.7 Å². The fourth-order valence-electron chi connectivity index (χ4n) is 2.43. The van der Waals surface area contributed by atoms with Crippen LogP contribution in [0.15, 0.2) is 6.20 Å². The molecule has 0 bridgehead atoms. The van der Waals surface area contributed by atoms with Gasteiger partial charge in [-0.15, -0.1) is 0 Å². The van der Waals surface area contributed by atoms with E-state index in [1.807, 2.05) is 25.5 Å². The highest BCUT2D eigenvalue weighted by Gasteiger charge is 2.24. The van der Waals surface area contributed by atoms with Crippen LogP contribution in [0.1, 0.15) is 62.6 Å². The molecule has 0 aliphatic carbocycles. The van der Waals surface area contributed by atoms with Crippen molar-refractivity contribution in [3.05, 3.63) is 17.5 Å². The summed E-state index contributed by atoms with van der Waals surface area (Å²) in [5, 5.41) is 7.01. The molecule has 1 heterocycles. The van der Waals surface area contributed by atoms with E-state index in [0.29, 0.717) is 5.56 Å². The third-order valence-corrected chi connectivity index (χ3v) is 3.84. The molecule has 0 aromatic carbocycles. The Morgan fingerprint density at radius 3 is 2.33 bits per heavy atom. The number of nitrogens with two attached hydrogens (primary N) is 1. The van der Waals surface area contributed by atoms with Gasteiger partial charge in [-0.3, -0.25) is 14.3 Å². The number of primary amides is 1. The molecule has 0 aliphatic heterocycles. The number of aromatic nitrogens is 2. The summed E-state index contributed by atoms with van der Waals surface area (Å²) >= 11 is 0. The maximum Gasteiger partial charge on any atom is 0.255 e. The molecule has 6 heteroatoms. The number of hydrogen-bond donors (Lipinski definition) is 2. The van der Waals surface area contributed by atoms with E-state index in [4.69, 9.17) is 5.73 Å². The molecule has 1 aromatic heterocycles. The minimum absolute atomic E-state index is 0.0548. The number of nitrogens with one attached hydrogen (secondary N) is 1. The summed E-state index contributed by atoms with van der Waals surface area (Å²) in [6.07, 6.45) is 3.47. The minimum Gasteiger partial charge on any atom is -0.368 e. The molecular weight excluding hydrogens is 268 g/mol. The average molecular weight is 294 g/mol. The Balaban J connectivity index is 2.96. The number of amides is 2. The standard InChI is InChI=1S/C15H26N4O2/c1-6-11(7-2)19-10(5)12(8-17-19)15(21)18-13(9(3)4)14(16)20/h8-9,11,13H,6-7H2,1-5H3,(H2,16,20)(H,18,21)/t13-/m0/s1. The highest BCUT2D eigenvalue weighted by molar-refractivity contribution is 5.98. The summed E-state index contributed by atoms with van der Waals surface area (Å²) in [4.78, 5) is 23.7. The summed E-state index contributed by atoms with van der Waals surface area (Å²) in [5.41, 5.74) is 6.63. The predicted octanol–water partition coefficient (Wildman–Crippen LogP) is 1.79. The van der Waals surface area contributed by atoms with E-state index in [2.05, 4.69) is 24.3 Å². The zero-order valence-corrected chi connectivity index (χ0v) is 13.5. The molecule has 0 saturated carbocycles. The zero-order chi connectivity index (χ0) is 16.2. The summed E-state index contributed by atoms with van der Waals surface area (Å²) in [6.45, 7) is 9.75. The van der Waals surface area contributed by atoms with Gasteiger partial charge in [0, 0.05) is 5.69 Å². The van der Waals surface area contributed by atoms with Crippen LogP contribution < -0.4 is 11.1 Å². The molecule has 0 saturated heterocycles. The van der Waals surface area contributed by atoms with Crippen LogP contribution in [0.2, 0.25) is 0 Å². The first-order valence-electron chi connectivity index (χ1n) is 7.47. The summed E-state index contributed by atoms with van der Waals surface area (Å²) < 4.78 is 1.88. The molecule has 0 spiro atoms. The van der Waals surface area contributed by atoms with Crippen LogP contribution >= 0.6 is 0 Å². The zero-order valence-electron chi connectivity index (χ0n) is 13.5. The van der Waals surface area contributed by atoms with Crippen molar-refractivity contribution in [2.75, 3.05) is 0 Å². The van der Waals surface area contributed by atoms with Crippen LogP contribution in [0.3, 0.4) is 0 Å². The number of carbonyl (C=O) groups excluding carboxylic acids is 2. The van der Waals surface area contributed by atoms with E-state index in [1.165, 1.54) is 0 Å². The topological polar surface area (TPSA) is 90.0 Å². The Kier molecular flexibility index (Phi) is 5.93. The highest BCUT2D eigenvalue weighted by atomic mass is 16.2. The predicted molar refractivity (Wildman–Crippen MR) is 81.9 cm³/mol. The molecule has 0 aliphatic rings. The normalized spacial score (nSPS) is 12.7. The van der Waals surface area contributed by atoms with Gasteiger partial charge in [-0.25, -0.2) is 0 Å². The number of nitrogens with zero attached hydrogens (tertiary/aromatic N) is 2. The van der Waals surface area contributed by atoms with Crippen molar-refractivity contribution in [2.45, 2.75) is 59.5 Å². The molecule has 21 heavy (non-hydrogen) atoms. The molecule has 1 rings (SSSR count). The van der Waals surface area contributed by atoms with Crippen LogP contribution in [0.5, 0.6) is 0 Å². The largest absolute Gasteiger partial charge is 0.368 e. The van der Waals surface area contributed by atoms with Gasteiger partial charge in [0.05, 0.1) is 17.8 Å². The highest BCUT2D eigenvalue weighted by Crippen LogP contribution is 2.19. The Labute approximate surface area is 126 Å². The van der Waals surface area contributed by atoms with Gasteiger partial charge < -0.3 is 11.1 Å². The van der Waals surface area contributed by atoms with Crippen LogP contribution in [-0.4, -0.2) is 27.6 Å². The molecule has 0 radical (unpaired) electrons. The van der Waals surface area contributed by atoms with Gasteiger partial charge in [0.2, 0.25) is 5.91 Å². The van der Waals surface area contributed by atoms with Gasteiger partial charge in [-0.05, 0) is 25.7 Å². The van der Waals surface area contributed by atoms with Gasteiger partial charge in [0.1, 0.15) is 6.04 Å². The molecule has 6 nitrogen and oxygen atoms in total. The fraction of sp³-hybridized carbons (Fsp3) is 0.667. The first-order chi connectivity index (χ1) is 9.83. The summed E-state index contributed by atoms with van der Waals surface area (Å²) in [5.74, 6) is -0.883. The van der Waals surface area contributed by atoms with Gasteiger partial charge in [0.15, 0.2) is 0 Å². The monoisotopic (exact) mass is 294 g/mol. The van der Waals surface area contributed by atoms with E-state index in [0.717, 1.165) is 18.5 Å². The first kappa shape index (κ1) is 17.2. The van der Waals surface area contributed by atoms with Gasteiger partial charge in [-0.2, -0.15) is 5.10 Å². The van der Waals surface area contributed by atoms with Crippen molar-refractivity contribution in [2.24, 2.45) is 11.7 Å². The number of hydrogen-bond acceptors (Lipinski definition) is 3. The SMILES string of the molecule is CCC(CC)n1ncc(C(=O)N[C@H](C(N)=O)C(C)C)c1C. The molecule has 1 atom stereocenters. The van der Waals surface area contributed by atoms with Crippen molar-refractivity contribution in [1.29, 1.82) is 0 Å².